The molecule has 0 aliphatic carbocycles. The van der Waals surface area contributed by atoms with Crippen LogP contribution in [0.2, 0.25) is 0 Å². The number of nitrogens with two attached hydrogens (primary N) is 1. The van der Waals surface area contributed by atoms with Crippen LogP contribution in [0.5, 0.6) is 0 Å². The van der Waals surface area contributed by atoms with Gasteiger partial charge in [0.05, 0.1) is 0 Å². The van der Waals surface area contributed by atoms with Crippen molar-refractivity contribution in [1.82, 2.24) is 10.3 Å². The fourth-order valence-corrected chi connectivity index (χ4v) is 1.21. The normalized spacial score (nSPS) is 12.8. The second kappa shape index (κ2) is 4.07. The van der Waals surface area contributed by atoms with E-state index in [1.165, 1.54) is 0 Å². The van der Waals surface area contributed by atoms with Gasteiger partial charge in [-0.15, -0.1) is 0 Å². The number of aromatic nitrogens is 1. The molecule has 0 spiro atoms. The molecule has 0 amide bonds. The molecule has 0 aromatic carbocycles. The Labute approximate surface area is 73.0 Å². The zero-order valence-electron chi connectivity index (χ0n) is 7.54. The Morgan fingerprint density at radius 3 is 3.00 bits per heavy atom. The summed E-state index contributed by atoms with van der Waals surface area (Å²) in [4.78, 5) is 4.02. The molecule has 12 heavy (non-hydrogen) atoms. The number of hydrogen-bond donors (Lipinski definition) is 2. The summed E-state index contributed by atoms with van der Waals surface area (Å²) < 4.78 is 0. The van der Waals surface area contributed by atoms with E-state index in [1.54, 1.807) is 6.20 Å². The third kappa shape index (κ3) is 1.95. The van der Waals surface area contributed by atoms with Gasteiger partial charge in [-0.1, -0.05) is 13.0 Å². The minimum Gasteiger partial charge on any atom is -0.383 e. The first-order valence-corrected chi connectivity index (χ1v) is 4.19. The predicted octanol–water partition coefficient (Wildman–Crippen LogP) is 1.33. The predicted molar refractivity (Wildman–Crippen MR) is 50.7 cm³/mol. The highest BCUT2D eigenvalue weighted by atomic mass is 14.9. The lowest BCUT2D eigenvalue weighted by atomic mass is 10.1. The van der Waals surface area contributed by atoms with Crippen LogP contribution in [-0.2, 0) is 0 Å². The van der Waals surface area contributed by atoms with Gasteiger partial charge >= 0.3 is 0 Å². The molecule has 3 N–H and O–H groups in total. The van der Waals surface area contributed by atoms with E-state index in [-0.39, 0.29) is 6.04 Å². The van der Waals surface area contributed by atoms with Gasteiger partial charge in [-0.3, -0.25) is 0 Å². The maximum atomic E-state index is 5.70. The van der Waals surface area contributed by atoms with Gasteiger partial charge in [-0.2, -0.15) is 0 Å². The van der Waals surface area contributed by atoms with Crippen LogP contribution in [0.4, 0.5) is 5.82 Å². The van der Waals surface area contributed by atoms with Crippen LogP contribution >= 0.6 is 0 Å². The lowest BCUT2D eigenvalue weighted by molar-refractivity contribution is 0.598. The Morgan fingerprint density at radius 1 is 1.67 bits per heavy atom. The van der Waals surface area contributed by atoms with E-state index in [9.17, 15) is 0 Å². The van der Waals surface area contributed by atoms with Gasteiger partial charge in [-0.25, -0.2) is 4.98 Å². The van der Waals surface area contributed by atoms with Crippen LogP contribution in [0.3, 0.4) is 0 Å². The summed E-state index contributed by atoms with van der Waals surface area (Å²) in [5, 5.41) is 3.28. The van der Waals surface area contributed by atoms with Crippen molar-refractivity contribution in [2.45, 2.75) is 19.9 Å². The quantitative estimate of drug-likeness (QED) is 0.710. The topological polar surface area (TPSA) is 50.9 Å². The third-order valence-corrected chi connectivity index (χ3v) is 1.85. The molecule has 0 saturated carbocycles. The van der Waals surface area contributed by atoms with Crippen LogP contribution in [0.25, 0.3) is 0 Å². The molecule has 3 heteroatoms. The molecule has 66 valence electrons. The molecule has 1 aromatic heterocycles. The molecule has 1 heterocycles. The summed E-state index contributed by atoms with van der Waals surface area (Å²) in [6, 6.07) is 4.18. The number of pyridine rings is 1. The molecule has 1 aromatic rings. The monoisotopic (exact) mass is 165 g/mol. The van der Waals surface area contributed by atoms with Gasteiger partial charge in [0.15, 0.2) is 0 Å². The van der Waals surface area contributed by atoms with Gasteiger partial charge in [0.2, 0.25) is 0 Å². The molecule has 0 bridgehead atoms. The van der Waals surface area contributed by atoms with E-state index in [4.69, 9.17) is 5.73 Å². The van der Waals surface area contributed by atoms with Crippen LogP contribution in [0, 0.1) is 0 Å². The number of nitrogen functional groups attached to an aromatic ring is 1. The molecule has 1 unspecified atom stereocenters. The molecule has 0 saturated heterocycles. The Morgan fingerprint density at radius 2 is 2.42 bits per heavy atom. The zero-order chi connectivity index (χ0) is 8.97. The van der Waals surface area contributed by atoms with E-state index in [1.807, 2.05) is 12.1 Å². The average Bonchev–Trinajstić information content (AvgIpc) is 2.05. The molecule has 1 atom stereocenters. The van der Waals surface area contributed by atoms with Crippen LogP contribution in [0.1, 0.15) is 25.5 Å². The van der Waals surface area contributed by atoms with Gasteiger partial charge in [0, 0.05) is 17.8 Å². The van der Waals surface area contributed by atoms with Crippen LogP contribution in [0.15, 0.2) is 18.3 Å². The Kier molecular flexibility index (Phi) is 3.05. The van der Waals surface area contributed by atoms with Crippen molar-refractivity contribution in [3.05, 3.63) is 23.9 Å². The maximum absolute atomic E-state index is 5.70. The summed E-state index contributed by atoms with van der Waals surface area (Å²) in [5.74, 6) is 0.617. The Balaban J connectivity index is 2.79. The first-order valence-electron chi connectivity index (χ1n) is 4.19. The lowest BCUT2D eigenvalue weighted by Crippen LogP contribution is -2.19. The van der Waals surface area contributed by atoms with E-state index >= 15 is 0 Å². The highest BCUT2D eigenvalue weighted by Crippen LogP contribution is 2.16. The van der Waals surface area contributed by atoms with Gasteiger partial charge in [0.1, 0.15) is 5.82 Å². The number of nitrogens with zero attached hydrogens (tertiary/aromatic N) is 1. The zero-order valence-corrected chi connectivity index (χ0v) is 7.54. The fourth-order valence-electron chi connectivity index (χ4n) is 1.21. The summed E-state index contributed by atoms with van der Waals surface area (Å²) in [6.45, 7) is 5.09. The first kappa shape index (κ1) is 9.00. The van der Waals surface area contributed by atoms with Crippen molar-refractivity contribution in [1.29, 1.82) is 0 Å². The van der Waals surface area contributed by atoms with Gasteiger partial charge < -0.3 is 11.1 Å². The molecular weight excluding hydrogens is 150 g/mol. The molecular formula is C9H15N3. The summed E-state index contributed by atoms with van der Waals surface area (Å²) in [5.41, 5.74) is 6.77. The van der Waals surface area contributed by atoms with Crippen LogP contribution in [-0.4, -0.2) is 11.5 Å². The average molecular weight is 165 g/mol. The molecule has 0 aliphatic heterocycles. The van der Waals surface area contributed by atoms with E-state index < -0.39 is 0 Å². The van der Waals surface area contributed by atoms with Crippen molar-refractivity contribution in [2.24, 2.45) is 0 Å². The Hall–Kier alpha value is -1.09. The largest absolute Gasteiger partial charge is 0.383 e. The lowest BCUT2D eigenvalue weighted by Gasteiger charge is -2.13. The molecule has 3 nitrogen and oxygen atoms in total. The van der Waals surface area contributed by atoms with E-state index in [2.05, 4.69) is 24.1 Å². The van der Waals surface area contributed by atoms with E-state index in [0.29, 0.717) is 5.82 Å². The molecule has 0 aliphatic rings. The van der Waals surface area contributed by atoms with Crippen molar-refractivity contribution in [3.8, 4) is 0 Å². The SMILES string of the molecule is CCNC(C)c1cccnc1N. The van der Waals surface area contributed by atoms with Crippen molar-refractivity contribution < 1.29 is 0 Å². The van der Waals surface area contributed by atoms with Crippen molar-refractivity contribution in [2.75, 3.05) is 12.3 Å². The van der Waals surface area contributed by atoms with Crippen molar-refractivity contribution in [3.63, 3.8) is 0 Å². The van der Waals surface area contributed by atoms with Gasteiger partial charge in [0.25, 0.3) is 0 Å². The number of anilines is 1. The Bertz CT molecular complexity index is 247. The molecule has 0 radical (unpaired) electrons. The smallest absolute Gasteiger partial charge is 0.128 e. The highest BCUT2D eigenvalue weighted by Gasteiger charge is 2.06. The highest BCUT2D eigenvalue weighted by molar-refractivity contribution is 5.40. The fraction of sp³-hybridized carbons (Fsp3) is 0.444. The first-order chi connectivity index (χ1) is 5.75. The standard InChI is InChI=1S/C9H15N3/c1-3-11-7(2)8-5-4-6-12-9(8)10/h4-7,11H,3H2,1-2H3,(H2,10,12). The maximum Gasteiger partial charge on any atom is 0.128 e. The number of rotatable bonds is 3. The van der Waals surface area contributed by atoms with Crippen LogP contribution < -0.4 is 11.1 Å². The number of nitrogens with one attached hydrogen (secondary N) is 1. The van der Waals surface area contributed by atoms with Crippen molar-refractivity contribution >= 4 is 5.82 Å². The summed E-state index contributed by atoms with van der Waals surface area (Å²) in [6.07, 6.45) is 1.71. The summed E-state index contributed by atoms with van der Waals surface area (Å²) >= 11 is 0. The minimum absolute atomic E-state index is 0.281. The minimum atomic E-state index is 0.281. The summed E-state index contributed by atoms with van der Waals surface area (Å²) in [7, 11) is 0. The molecule has 0 fully saturated rings. The van der Waals surface area contributed by atoms with E-state index in [0.717, 1.165) is 12.1 Å². The molecule has 1 rings (SSSR count). The van der Waals surface area contributed by atoms with Gasteiger partial charge in [-0.05, 0) is 19.5 Å². The second-order valence-corrected chi connectivity index (χ2v) is 2.76. The second-order valence-electron chi connectivity index (χ2n) is 2.76. The number of hydrogen-bond acceptors (Lipinski definition) is 3. The third-order valence-electron chi connectivity index (χ3n) is 1.85.